The van der Waals surface area contributed by atoms with Gasteiger partial charge in [0.15, 0.2) is 17.7 Å². The Morgan fingerprint density at radius 2 is 2.17 bits per heavy atom. The predicted molar refractivity (Wildman–Crippen MR) is 57.6 cm³/mol. The van der Waals surface area contributed by atoms with Gasteiger partial charge < -0.3 is 15.8 Å². The summed E-state index contributed by atoms with van der Waals surface area (Å²) in [7, 11) is 0. The van der Waals surface area contributed by atoms with E-state index < -0.39 is 29.7 Å². The second kappa shape index (κ2) is 4.58. The van der Waals surface area contributed by atoms with E-state index in [9.17, 15) is 13.6 Å². The van der Waals surface area contributed by atoms with Gasteiger partial charge in [0.05, 0.1) is 17.8 Å². The molecule has 1 aliphatic rings. The van der Waals surface area contributed by atoms with Gasteiger partial charge in [0, 0.05) is 18.6 Å². The smallest absolute Gasteiger partial charge is 0.265 e. The summed E-state index contributed by atoms with van der Waals surface area (Å²) in [4.78, 5) is 11.6. The second-order valence-corrected chi connectivity index (χ2v) is 3.83. The Kier molecular flexibility index (Phi) is 3.12. The van der Waals surface area contributed by atoms with Crippen molar-refractivity contribution in [3.63, 3.8) is 0 Å². The Balaban J connectivity index is 2.25. The van der Waals surface area contributed by atoms with Gasteiger partial charge in [0.1, 0.15) is 5.75 Å². The average Bonchev–Trinajstić information content (AvgIpc) is 2.32. The molecule has 94 valence electrons. The molecule has 1 aromatic carbocycles. The molecule has 0 fully saturated rings. The number of hydrogen-bond donors (Lipinski definition) is 2. The lowest BCUT2D eigenvalue weighted by atomic mass is 10.1. The molecule has 1 aliphatic heterocycles. The third-order valence-corrected chi connectivity index (χ3v) is 2.48. The first-order valence-electron chi connectivity index (χ1n) is 5.13. The number of nitriles is 1. The Bertz CT molecular complexity index is 542. The fraction of sp³-hybridized carbons (Fsp3) is 0.273. The fourth-order valence-corrected chi connectivity index (χ4v) is 1.58. The van der Waals surface area contributed by atoms with Crippen molar-refractivity contribution in [3.8, 4) is 11.8 Å². The Morgan fingerprint density at radius 3 is 2.83 bits per heavy atom. The minimum absolute atomic E-state index is 0.0173. The second-order valence-electron chi connectivity index (χ2n) is 3.83. The lowest BCUT2D eigenvalue weighted by Crippen LogP contribution is -2.41. The number of halogens is 2. The van der Waals surface area contributed by atoms with Crippen molar-refractivity contribution in [1.82, 2.24) is 0 Å². The summed E-state index contributed by atoms with van der Waals surface area (Å²) in [5, 5.41) is 10.9. The molecule has 0 bridgehead atoms. The van der Waals surface area contributed by atoms with Crippen LogP contribution in [0.3, 0.4) is 0 Å². The van der Waals surface area contributed by atoms with Crippen molar-refractivity contribution in [3.05, 3.63) is 23.8 Å². The molecule has 0 aliphatic carbocycles. The number of carbonyl (C=O) groups is 1. The predicted octanol–water partition coefficient (Wildman–Crippen LogP) is 0.905. The topological polar surface area (TPSA) is 88.1 Å². The lowest BCUT2D eigenvalue weighted by Gasteiger charge is -2.26. The number of rotatable bonds is 2. The minimum Gasteiger partial charge on any atom is -0.478 e. The molecule has 7 heteroatoms. The molecular weight excluding hydrogens is 244 g/mol. The number of nitrogens with two attached hydrogens (primary N) is 1. The molecule has 0 spiro atoms. The number of carbonyl (C=O) groups excluding carboxylic acids is 1. The summed E-state index contributed by atoms with van der Waals surface area (Å²) in [5.41, 5.74) is 5.44. The van der Waals surface area contributed by atoms with Crippen LogP contribution in [0.15, 0.2) is 12.1 Å². The number of ether oxygens (including phenoxy) is 1. The lowest BCUT2D eigenvalue weighted by molar-refractivity contribution is -0.123. The first kappa shape index (κ1) is 12.3. The van der Waals surface area contributed by atoms with E-state index in [0.717, 1.165) is 12.1 Å². The Labute approximate surface area is 101 Å². The van der Waals surface area contributed by atoms with Gasteiger partial charge in [-0.2, -0.15) is 5.26 Å². The standard InChI is InChI=1S/C11H9F2N3O2/c12-6-2-8-9(3-7(6)13)18-10(11(17)16-8)1-5(15)4-14/h2-3,5,10H,1,15H2,(H,16,17)/t5?,10-/m0/s1. The zero-order valence-electron chi connectivity index (χ0n) is 9.11. The normalized spacial score (nSPS) is 19.2. The average molecular weight is 253 g/mol. The van der Waals surface area contributed by atoms with E-state index in [0.29, 0.717) is 0 Å². The molecule has 18 heavy (non-hydrogen) atoms. The number of anilines is 1. The van der Waals surface area contributed by atoms with E-state index in [1.165, 1.54) is 0 Å². The van der Waals surface area contributed by atoms with Crippen molar-refractivity contribution in [1.29, 1.82) is 5.26 Å². The zero-order chi connectivity index (χ0) is 13.3. The highest BCUT2D eigenvalue weighted by Gasteiger charge is 2.30. The van der Waals surface area contributed by atoms with Gasteiger partial charge >= 0.3 is 0 Å². The maximum absolute atomic E-state index is 13.0. The van der Waals surface area contributed by atoms with Gasteiger partial charge in [0.2, 0.25) is 0 Å². The van der Waals surface area contributed by atoms with Crippen molar-refractivity contribution in [2.75, 3.05) is 5.32 Å². The monoisotopic (exact) mass is 253 g/mol. The largest absolute Gasteiger partial charge is 0.478 e. The van der Waals surface area contributed by atoms with E-state index in [2.05, 4.69) is 5.32 Å². The van der Waals surface area contributed by atoms with Gasteiger partial charge in [-0.05, 0) is 0 Å². The van der Waals surface area contributed by atoms with Crippen LogP contribution in [0.2, 0.25) is 0 Å². The first-order valence-corrected chi connectivity index (χ1v) is 5.13. The first-order chi connectivity index (χ1) is 8.51. The number of hydrogen-bond acceptors (Lipinski definition) is 4. The van der Waals surface area contributed by atoms with E-state index in [1.54, 1.807) is 6.07 Å². The van der Waals surface area contributed by atoms with Crippen molar-refractivity contribution in [2.45, 2.75) is 18.6 Å². The van der Waals surface area contributed by atoms with E-state index in [1.807, 2.05) is 0 Å². The number of nitrogens with one attached hydrogen (secondary N) is 1. The third-order valence-electron chi connectivity index (χ3n) is 2.48. The highest BCUT2D eigenvalue weighted by Crippen LogP contribution is 2.32. The van der Waals surface area contributed by atoms with Crippen LogP contribution in [0, 0.1) is 23.0 Å². The molecule has 1 amide bonds. The summed E-state index contributed by atoms with van der Waals surface area (Å²) in [5.74, 6) is -2.68. The highest BCUT2D eigenvalue weighted by atomic mass is 19.2. The van der Waals surface area contributed by atoms with E-state index in [-0.39, 0.29) is 17.9 Å². The van der Waals surface area contributed by atoms with Gasteiger partial charge in [0.25, 0.3) is 5.91 Å². The van der Waals surface area contributed by atoms with Crippen LogP contribution >= 0.6 is 0 Å². The van der Waals surface area contributed by atoms with Crippen molar-refractivity contribution < 1.29 is 18.3 Å². The van der Waals surface area contributed by atoms with Crippen LogP contribution in [-0.4, -0.2) is 18.1 Å². The summed E-state index contributed by atoms with van der Waals surface area (Å²) in [6, 6.07) is 2.57. The molecule has 0 saturated heterocycles. The molecule has 0 saturated carbocycles. The molecule has 2 atom stereocenters. The Morgan fingerprint density at radius 1 is 1.50 bits per heavy atom. The van der Waals surface area contributed by atoms with E-state index >= 15 is 0 Å². The van der Waals surface area contributed by atoms with Crippen LogP contribution in [0.4, 0.5) is 14.5 Å². The van der Waals surface area contributed by atoms with Crippen molar-refractivity contribution >= 4 is 11.6 Å². The van der Waals surface area contributed by atoms with Crippen LogP contribution in [0.5, 0.6) is 5.75 Å². The number of benzene rings is 1. The summed E-state index contributed by atoms with van der Waals surface area (Å²) >= 11 is 0. The van der Waals surface area contributed by atoms with E-state index in [4.69, 9.17) is 15.7 Å². The van der Waals surface area contributed by atoms with Crippen LogP contribution in [0.25, 0.3) is 0 Å². The van der Waals surface area contributed by atoms with Crippen LogP contribution in [-0.2, 0) is 4.79 Å². The fourth-order valence-electron chi connectivity index (χ4n) is 1.58. The quantitative estimate of drug-likeness (QED) is 0.819. The summed E-state index contributed by atoms with van der Waals surface area (Å²) in [6.45, 7) is 0. The molecule has 0 aromatic heterocycles. The van der Waals surface area contributed by atoms with Crippen LogP contribution < -0.4 is 15.8 Å². The Hall–Kier alpha value is -2.20. The molecule has 1 heterocycles. The maximum atomic E-state index is 13.0. The molecule has 0 radical (unpaired) electrons. The summed E-state index contributed by atoms with van der Waals surface area (Å²) in [6.07, 6.45) is -1.02. The van der Waals surface area contributed by atoms with Gasteiger partial charge in [-0.1, -0.05) is 0 Å². The van der Waals surface area contributed by atoms with Crippen molar-refractivity contribution in [2.24, 2.45) is 5.73 Å². The molecule has 1 aromatic rings. The summed E-state index contributed by atoms with van der Waals surface area (Å²) < 4.78 is 31.2. The molecule has 5 nitrogen and oxygen atoms in total. The molecule has 2 rings (SSSR count). The number of fused-ring (bicyclic) bond motifs is 1. The number of nitrogens with zero attached hydrogens (tertiary/aromatic N) is 1. The van der Waals surface area contributed by atoms with Gasteiger partial charge in [-0.25, -0.2) is 8.78 Å². The van der Waals surface area contributed by atoms with Gasteiger partial charge in [-0.15, -0.1) is 0 Å². The molecule has 1 unspecified atom stereocenters. The highest BCUT2D eigenvalue weighted by molar-refractivity contribution is 5.97. The van der Waals surface area contributed by atoms with Gasteiger partial charge in [-0.3, -0.25) is 4.79 Å². The minimum atomic E-state index is -1.08. The van der Waals surface area contributed by atoms with Crippen LogP contribution in [0.1, 0.15) is 6.42 Å². The molecular formula is C11H9F2N3O2. The number of amides is 1. The maximum Gasteiger partial charge on any atom is 0.265 e. The zero-order valence-corrected chi connectivity index (χ0v) is 9.11. The molecule has 3 N–H and O–H groups in total. The third kappa shape index (κ3) is 2.24. The SMILES string of the molecule is N#CC(N)C[C@@H]1Oc2cc(F)c(F)cc2NC1=O.